The molecule has 19 heavy (non-hydrogen) atoms. The first-order valence-electron chi connectivity index (χ1n) is 5.49. The van der Waals surface area contributed by atoms with E-state index < -0.39 is 12.6 Å². The van der Waals surface area contributed by atoms with Crippen molar-refractivity contribution in [3.8, 4) is 11.5 Å². The fourth-order valence-corrected chi connectivity index (χ4v) is 2.13. The maximum Gasteiger partial charge on any atom is 0.389 e. The summed E-state index contributed by atoms with van der Waals surface area (Å²) in [7, 11) is 1.45. The number of ether oxygens (including phenoxy) is 2. The van der Waals surface area contributed by atoms with Gasteiger partial charge in [0.05, 0.1) is 13.7 Å². The van der Waals surface area contributed by atoms with Crippen LogP contribution in [0.15, 0.2) is 12.1 Å². The van der Waals surface area contributed by atoms with Gasteiger partial charge in [0.1, 0.15) is 0 Å². The number of alkyl halides is 4. The molecule has 0 aromatic heterocycles. The number of hydrogen-bond acceptors (Lipinski definition) is 2. The van der Waals surface area contributed by atoms with Crippen LogP contribution in [0.3, 0.4) is 0 Å². The zero-order valence-electron chi connectivity index (χ0n) is 10.2. The zero-order chi connectivity index (χ0) is 14.5. The topological polar surface area (TPSA) is 18.5 Å². The molecule has 0 aliphatic carbocycles. The number of halogens is 5. The predicted molar refractivity (Wildman–Crippen MR) is 71.4 cm³/mol. The number of benzene rings is 1. The summed E-state index contributed by atoms with van der Waals surface area (Å²) in [5.74, 6) is 0.833. The van der Waals surface area contributed by atoms with E-state index in [4.69, 9.17) is 21.1 Å². The van der Waals surface area contributed by atoms with E-state index in [0.29, 0.717) is 21.9 Å². The standard InChI is InChI=1S/C12H13BrClF3O2/c1-18-10-6-9(14)5-8(7-13)11(10)19-4-2-3-12(15,16)17/h5-6H,2-4,7H2,1H3. The van der Waals surface area contributed by atoms with E-state index in [1.807, 2.05) is 0 Å². The van der Waals surface area contributed by atoms with Crippen molar-refractivity contribution in [2.24, 2.45) is 0 Å². The Hall–Kier alpha value is -0.620. The van der Waals surface area contributed by atoms with E-state index in [1.54, 1.807) is 12.1 Å². The summed E-state index contributed by atoms with van der Waals surface area (Å²) in [6.45, 7) is -0.0303. The molecular weight excluding hydrogens is 348 g/mol. The lowest BCUT2D eigenvalue weighted by Gasteiger charge is -2.15. The molecule has 0 saturated carbocycles. The summed E-state index contributed by atoms with van der Waals surface area (Å²) in [4.78, 5) is 0. The van der Waals surface area contributed by atoms with Crippen molar-refractivity contribution in [1.82, 2.24) is 0 Å². The van der Waals surface area contributed by atoms with Gasteiger partial charge >= 0.3 is 6.18 Å². The van der Waals surface area contributed by atoms with Crippen LogP contribution in [0.5, 0.6) is 11.5 Å². The molecule has 0 spiro atoms. The quantitative estimate of drug-likeness (QED) is 0.526. The second-order valence-electron chi connectivity index (χ2n) is 3.80. The Labute approximate surface area is 123 Å². The summed E-state index contributed by atoms with van der Waals surface area (Å²) in [6, 6.07) is 3.24. The Morgan fingerprint density at radius 1 is 1.32 bits per heavy atom. The minimum atomic E-state index is -4.16. The number of rotatable bonds is 6. The van der Waals surface area contributed by atoms with Crippen LogP contribution < -0.4 is 9.47 Å². The summed E-state index contributed by atoms with van der Waals surface area (Å²) in [6.07, 6.45) is -5.13. The van der Waals surface area contributed by atoms with Gasteiger partial charge in [-0.05, 0) is 12.5 Å². The molecule has 108 valence electrons. The highest BCUT2D eigenvalue weighted by molar-refractivity contribution is 9.08. The SMILES string of the molecule is COc1cc(Cl)cc(CBr)c1OCCCC(F)(F)F. The molecule has 0 fully saturated rings. The Morgan fingerprint density at radius 3 is 2.53 bits per heavy atom. The van der Waals surface area contributed by atoms with Gasteiger partial charge in [-0.25, -0.2) is 0 Å². The smallest absolute Gasteiger partial charge is 0.389 e. The highest BCUT2D eigenvalue weighted by Gasteiger charge is 2.26. The van der Waals surface area contributed by atoms with Crippen LogP contribution in [0.25, 0.3) is 0 Å². The molecule has 0 heterocycles. The van der Waals surface area contributed by atoms with E-state index in [9.17, 15) is 13.2 Å². The number of hydrogen-bond donors (Lipinski definition) is 0. The van der Waals surface area contributed by atoms with Gasteiger partial charge in [0.15, 0.2) is 11.5 Å². The molecule has 7 heteroatoms. The van der Waals surface area contributed by atoms with Crippen LogP contribution in [0.1, 0.15) is 18.4 Å². The molecule has 0 aliphatic heterocycles. The minimum Gasteiger partial charge on any atom is -0.493 e. The average molecular weight is 362 g/mol. The van der Waals surface area contributed by atoms with Crippen LogP contribution in [0.2, 0.25) is 5.02 Å². The molecule has 0 unspecified atom stereocenters. The van der Waals surface area contributed by atoms with Crippen molar-refractivity contribution < 1.29 is 22.6 Å². The highest BCUT2D eigenvalue weighted by Crippen LogP contribution is 2.36. The van der Waals surface area contributed by atoms with Crippen molar-refractivity contribution in [3.63, 3.8) is 0 Å². The van der Waals surface area contributed by atoms with Gasteiger partial charge in [0, 0.05) is 28.4 Å². The molecule has 1 aromatic rings. The van der Waals surface area contributed by atoms with Crippen LogP contribution in [-0.2, 0) is 5.33 Å². The first-order chi connectivity index (χ1) is 8.87. The average Bonchev–Trinajstić information content (AvgIpc) is 2.33. The van der Waals surface area contributed by atoms with E-state index >= 15 is 0 Å². The summed E-state index contributed by atoms with van der Waals surface area (Å²) < 4.78 is 46.6. The molecule has 1 rings (SSSR count). The Bertz CT molecular complexity index is 399. The van der Waals surface area contributed by atoms with Crippen LogP contribution in [0.4, 0.5) is 13.2 Å². The van der Waals surface area contributed by atoms with Gasteiger partial charge in [-0.2, -0.15) is 13.2 Å². The summed E-state index contributed by atoms with van der Waals surface area (Å²) >= 11 is 9.17. The Kier molecular flexibility index (Phi) is 6.26. The van der Waals surface area contributed by atoms with Gasteiger partial charge in [-0.1, -0.05) is 27.5 Å². The third-order valence-corrected chi connectivity index (χ3v) is 3.13. The lowest BCUT2D eigenvalue weighted by molar-refractivity contribution is -0.136. The zero-order valence-corrected chi connectivity index (χ0v) is 12.5. The van der Waals surface area contributed by atoms with Crippen molar-refractivity contribution in [2.75, 3.05) is 13.7 Å². The van der Waals surface area contributed by atoms with Crippen LogP contribution in [-0.4, -0.2) is 19.9 Å². The van der Waals surface area contributed by atoms with Gasteiger partial charge in [-0.3, -0.25) is 0 Å². The third kappa shape index (κ3) is 5.48. The highest BCUT2D eigenvalue weighted by atomic mass is 79.9. The molecule has 1 aromatic carbocycles. The molecule has 0 amide bonds. The second-order valence-corrected chi connectivity index (χ2v) is 4.79. The largest absolute Gasteiger partial charge is 0.493 e. The maximum atomic E-state index is 12.0. The molecule has 0 radical (unpaired) electrons. The second kappa shape index (κ2) is 7.24. The van der Waals surface area contributed by atoms with Gasteiger partial charge in [0.2, 0.25) is 0 Å². The summed E-state index contributed by atoms with van der Waals surface area (Å²) in [5.41, 5.74) is 0.733. The van der Waals surface area contributed by atoms with E-state index in [-0.39, 0.29) is 13.0 Å². The van der Waals surface area contributed by atoms with Crippen LogP contribution >= 0.6 is 27.5 Å². The Morgan fingerprint density at radius 2 is 2.00 bits per heavy atom. The van der Waals surface area contributed by atoms with Gasteiger partial charge in [-0.15, -0.1) is 0 Å². The normalized spacial score (nSPS) is 11.5. The maximum absolute atomic E-state index is 12.0. The molecule has 0 aliphatic rings. The fraction of sp³-hybridized carbons (Fsp3) is 0.500. The number of methoxy groups -OCH3 is 1. The van der Waals surface area contributed by atoms with Crippen LogP contribution in [0, 0.1) is 0 Å². The van der Waals surface area contributed by atoms with E-state index in [2.05, 4.69) is 15.9 Å². The van der Waals surface area contributed by atoms with Crippen molar-refractivity contribution >= 4 is 27.5 Å². The first-order valence-corrected chi connectivity index (χ1v) is 6.99. The molecular formula is C12H13BrClF3O2. The molecule has 2 nitrogen and oxygen atoms in total. The predicted octanol–water partition coefficient (Wildman–Crippen LogP) is 4.96. The van der Waals surface area contributed by atoms with Crippen molar-refractivity contribution in [2.45, 2.75) is 24.3 Å². The molecule has 0 atom stereocenters. The van der Waals surface area contributed by atoms with E-state index in [1.165, 1.54) is 7.11 Å². The monoisotopic (exact) mass is 360 g/mol. The Balaban J connectivity index is 2.71. The van der Waals surface area contributed by atoms with Gasteiger partial charge in [0.25, 0.3) is 0 Å². The van der Waals surface area contributed by atoms with E-state index in [0.717, 1.165) is 5.56 Å². The van der Waals surface area contributed by atoms with Crippen molar-refractivity contribution in [1.29, 1.82) is 0 Å². The lowest BCUT2D eigenvalue weighted by Crippen LogP contribution is -2.10. The van der Waals surface area contributed by atoms with Crippen molar-refractivity contribution in [3.05, 3.63) is 22.7 Å². The molecule has 0 saturated heterocycles. The molecule has 0 bridgehead atoms. The minimum absolute atomic E-state index is 0.0303. The fourth-order valence-electron chi connectivity index (χ4n) is 1.48. The summed E-state index contributed by atoms with van der Waals surface area (Å²) in [5, 5.41) is 0.951. The van der Waals surface area contributed by atoms with Gasteiger partial charge < -0.3 is 9.47 Å². The lowest BCUT2D eigenvalue weighted by atomic mass is 10.2. The molecule has 0 N–H and O–H groups in total. The third-order valence-electron chi connectivity index (χ3n) is 2.31. The first kappa shape index (κ1) is 16.4.